The first-order valence-electron chi connectivity index (χ1n) is 19.2. The highest BCUT2D eigenvalue weighted by molar-refractivity contribution is 4.59. The van der Waals surface area contributed by atoms with Crippen LogP contribution in [0.5, 0.6) is 0 Å². The summed E-state index contributed by atoms with van der Waals surface area (Å²) in [7, 11) is 1.65. The molecule has 0 bridgehead atoms. The van der Waals surface area contributed by atoms with Crippen molar-refractivity contribution in [1.82, 2.24) is 0 Å². The van der Waals surface area contributed by atoms with Crippen molar-refractivity contribution >= 4 is 0 Å². The summed E-state index contributed by atoms with van der Waals surface area (Å²) in [5.74, 6) is 0. The Balaban J connectivity index is 3.06. The topological polar surface area (TPSA) is 148 Å². The second-order valence-corrected chi connectivity index (χ2v) is 12.5. The summed E-state index contributed by atoms with van der Waals surface area (Å²) in [6.45, 7) is 23.3. The zero-order valence-electron chi connectivity index (χ0n) is 33.7. The van der Waals surface area contributed by atoms with Crippen LogP contribution in [0.1, 0.15) is 27.2 Å². The maximum atomic E-state index is 5.56. The molecule has 0 rings (SSSR count). The summed E-state index contributed by atoms with van der Waals surface area (Å²) in [6, 6.07) is 0. The fraction of sp³-hybridized carbons (Fsp3) is 1.00. The van der Waals surface area contributed by atoms with Gasteiger partial charge in [-0.1, -0.05) is 20.8 Å². The first kappa shape index (κ1) is 52.4. The zero-order chi connectivity index (χ0) is 38.4. The van der Waals surface area contributed by atoms with E-state index < -0.39 is 0 Å². The molecule has 320 valence electrons. The van der Waals surface area contributed by atoms with Crippen molar-refractivity contribution in [3.63, 3.8) is 0 Å². The van der Waals surface area contributed by atoms with Gasteiger partial charge < -0.3 is 75.8 Å². The summed E-state index contributed by atoms with van der Waals surface area (Å²) < 4.78 is 87.0. The van der Waals surface area contributed by atoms with Crippen molar-refractivity contribution in [2.45, 2.75) is 27.2 Å². The molecule has 0 aromatic carbocycles. The molecule has 0 amide bonds. The van der Waals surface area contributed by atoms with Crippen molar-refractivity contribution in [1.29, 1.82) is 0 Å². The minimum absolute atomic E-state index is 0.301. The van der Waals surface area contributed by atoms with Gasteiger partial charge in [-0.25, -0.2) is 0 Å². The van der Waals surface area contributed by atoms with Crippen molar-refractivity contribution in [2.24, 2.45) is 5.41 Å². The van der Waals surface area contributed by atoms with E-state index in [1.54, 1.807) is 7.11 Å². The number of hydrogen-bond acceptors (Lipinski definition) is 16. The van der Waals surface area contributed by atoms with Crippen LogP contribution in [0.2, 0.25) is 0 Å². The third-order valence-corrected chi connectivity index (χ3v) is 6.64. The van der Waals surface area contributed by atoms with E-state index >= 15 is 0 Å². The van der Waals surface area contributed by atoms with Crippen molar-refractivity contribution < 1.29 is 75.8 Å². The molecule has 16 nitrogen and oxygen atoms in total. The lowest BCUT2D eigenvalue weighted by Gasteiger charge is -2.17. The average molecular weight is 777 g/mol. The van der Waals surface area contributed by atoms with Gasteiger partial charge in [-0.3, -0.25) is 0 Å². The van der Waals surface area contributed by atoms with Gasteiger partial charge in [0.15, 0.2) is 0 Å². The fourth-order valence-corrected chi connectivity index (χ4v) is 3.70. The molecule has 0 radical (unpaired) electrons. The van der Waals surface area contributed by atoms with Crippen LogP contribution >= 0.6 is 0 Å². The van der Waals surface area contributed by atoms with Gasteiger partial charge in [0.05, 0.1) is 198 Å². The minimum Gasteiger partial charge on any atom is -0.382 e. The Morgan fingerprint density at radius 3 is 0.472 bits per heavy atom. The van der Waals surface area contributed by atoms with Crippen LogP contribution in [0.15, 0.2) is 0 Å². The molecule has 0 aliphatic heterocycles. The Labute approximate surface area is 320 Å². The molecule has 0 saturated heterocycles. The average Bonchev–Trinajstić information content (AvgIpc) is 3.14. The molecular formula is C37H76O16. The first-order chi connectivity index (χ1) is 26.1. The first-order valence-corrected chi connectivity index (χ1v) is 19.2. The molecule has 0 aromatic heterocycles. The lowest BCUT2D eigenvalue weighted by Crippen LogP contribution is -2.16. The van der Waals surface area contributed by atoms with Crippen molar-refractivity contribution in [3.8, 4) is 0 Å². The second-order valence-electron chi connectivity index (χ2n) is 12.5. The highest BCUT2D eigenvalue weighted by Gasteiger charge is 2.09. The van der Waals surface area contributed by atoms with E-state index in [-0.39, 0.29) is 0 Å². The van der Waals surface area contributed by atoms with Gasteiger partial charge >= 0.3 is 0 Å². The summed E-state index contributed by atoms with van der Waals surface area (Å²) in [4.78, 5) is 0. The standard InChI is InChI=1S/C37H76O16/c1-37(2,3)5-6-39-9-10-41-13-14-43-17-18-45-21-22-47-25-26-49-29-30-51-33-34-53-36-35-52-32-31-50-28-27-48-24-23-46-20-19-44-16-15-42-12-11-40-8-7-38-4/h5-36H2,1-4H3. The van der Waals surface area contributed by atoms with Gasteiger partial charge in [0, 0.05) is 13.7 Å². The smallest absolute Gasteiger partial charge is 0.0701 e. The van der Waals surface area contributed by atoms with Crippen LogP contribution in [0.3, 0.4) is 0 Å². The van der Waals surface area contributed by atoms with Crippen molar-refractivity contribution in [2.75, 3.05) is 212 Å². The molecule has 16 heteroatoms. The van der Waals surface area contributed by atoms with Crippen molar-refractivity contribution in [3.05, 3.63) is 0 Å². The van der Waals surface area contributed by atoms with Crippen LogP contribution < -0.4 is 0 Å². The quantitative estimate of drug-likeness (QED) is 0.0833. The summed E-state index contributed by atoms with van der Waals surface area (Å²) >= 11 is 0. The van der Waals surface area contributed by atoms with Gasteiger partial charge in [-0.05, 0) is 11.8 Å². The molecule has 0 unspecified atom stereocenters. The highest BCUT2D eigenvalue weighted by Crippen LogP contribution is 2.17. The van der Waals surface area contributed by atoms with E-state index in [1.165, 1.54) is 0 Å². The molecule has 0 atom stereocenters. The largest absolute Gasteiger partial charge is 0.382 e. The Kier molecular flexibility index (Phi) is 45.2. The number of hydrogen-bond donors (Lipinski definition) is 0. The Bertz CT molecular complexity index is 659. The van der Waals surface area contributed by atoms with Gasteiger partial charge in [0.2, 0.25) is 0 Å². The molecule has 0 fully saturated rings. The van der Waals surface area contributed by atoms with Crippen LogP contribution in [-0.2, 0) is 75.8 Å². The molecular weight excluding hydrogens is 700 g/mol. The SMILES string of the molecule is COCCOCCOCCOCCOCCOCCOCCOCCOCCOCCOCCOCCOCCOCCOCCOCCC(C)(C)C. The summed E-state index contributed by atoms with van der Waals surface area (Å²) in [5, 5.41) is 0. The van der Waals surface area contributed by atoms with E-state index in [0.717, 1.165) is 13.0 Å². The molecule has 0 heterocycles. The van der Waals surface area contributed by atoms with E-state index in [1.807, 2.05) is 0 Å². The molecule has 0 N–H and O–H groups in total. The van der Waals surface area contributed by atoms with Gasteiger partial charge in [-0.15, -0.1) is 0 Å². The Hall–Kier alpha value is -0.640. The maximum Gasteiger partial charge on any atom is 0.0701 e. The molecule has 0 spiro atoms. The third kappa shape index (κ3) is 51.4. The van der Waals surface area contributed by atoms with E-state index in [0.29, 0.717) is 204 Å². The maximum absolute atomic E-state index is 5.56. The normalized spacial score (nSPS) is 12.0. The Morgan fingerprint density at radius 2 is 0.340 bits per heavy atom. The number of rotatable bonds is 47. The summed E-state index contributed by atoms with van der Waals surface area (Å²) in [5.41, 5.74) is 0.301. The fourth-order valence-electron chi connectivity index (χ4n) is 3.70. The van der Waals surface area contributed by atoms with E-state index in [4.69, 9.17) is 75.8 Å². The molecule has 0 aliphatic rings. The molecule has 0 saturated carbocycles. The number of ether oxygens (including phenoxy) is 16. The van der Waals surface area contributed by atoms with Gasteiger partial charge in [0.1, 0.15) is 0 Å². The lowest BCUT2D eigenvalue weighted by molar-refractivity contribution is -0.0303. The van der Waals surface area contributed by atoms with Gasteiger partial charge in [0.25, 0.3) is 0 Å². The third-order valence-electron chi connectivity index (χ3n) is 6.64. The van der Waals surface area contributed by atoms with Crippen LogP contribution in [0, 0.1) is 5.41 Å². The monoisotopic (exact) mass is 777 g/mol. The number of methoxy groups -OCH3 is 1. The second kappa shape index (κ2) is 45.7. The molecule has 0 aromatic rings. The lowest BCUT2D eigenvalue weighted by atomic mass is 9.93. The van der Waals surface area contributed by atoms with Crippen LogP contribution in [0.25, 0.3) is 0 Å². The van der Waals surface area contributed by atoms with E-state index in [9.17, 15) is 0 Å². The van der Waals surface area contributed by atoms with E-state index in [2.05, 4.69) is 20.8 Å². The minimum atomic E-state index is 0.301. The van der Waals surface area contributed by atoms with Gasteiger partial charge in [-0.2, -0.15) is 0 Å². The molecule has 0 aliphatic carbocycles. The predicted octanol–water partition coefficient (Wildman–Crippen LogP) is 2.32. The molecule has 53 heavy (non-hydrogen) atoms. The highest BCUT2D eigenvalue weighted by atomic mass is 16.6. The van der Waals surface area contributed by atoms with Crippen LogP contribution in [0.4, 0.5) is 0 Å². The Morgan fingerprint density at radius 1 is 0.208 bits per heavy atom. The summed E-state index contributed by atoms with van der Waals surface area (Å²) in [6.07, 6.45) is 1.04. The zero-order valence-corrected chi connectivity index (χ0v) is 33.7. The van der Waals surface area contributed by atoms with Crippen LogP contribution in [-0.4, -0.2) is 212 Å². The predicted molar refractivity (Wildman–Crippen MR) is 198 cm³/mol.